The van der Waals surface area contributed by atoms with Gasteiger partial charge in [0, 0.05) is 11.1 Å². The Labute approximate surface area is 264 Å². The molecular weight excluding hydrogens is 564 g/mol. The summed E-state index contributed by atoms with van der Waals surface area (Å²) in [6.07, 6.45) is 0. The Morgan fingerprint density at radius 2 is 0.891 bits per heavy atom. The Balaban J connectivity index is 1.30. The summed E-state index contributed by atoms with van der Waals surface area (Å²) in [5.41, 5.74) is 10.4. The summed E-state index contributed by atoms with van der Waals surface area (Å²) in [5, 5.41) is 0. The second-order valence-electron chi connectivity index (χ2n) is 11.2. The predicted octanol–water partition coefficient (Wildman–Crippen LogP) is 9.28. The first-order valence-corrected chi connectivity index (χ1v) is 15.2. The minimum absolute atomic E-state index is 0.516. The summed E-state index contributed by atoms with van der Waals surface area (Å²) >= 11 is 0. The van der Waals surface area contributed by atoms with Crippen molar-refractivity contribution in [2.75, 3.05) is 0 Å². The van der Waals surface area contributed by atoms with Gasteiger partial charge in [-0.3, -0.25) is 4.40 Å². The van der Waals surface area contributed by atoms with Crippen molar-refractivity contribution in [2.45, 2.75) is 0 Å². The Bertz CT molecular complexity index is 2460. The molecule has 0 aliphatic heterocycles. The number of hydrogen-bond acceptors (Lipinski definition) is 4. The maximum atomic E-state index is 5.12. The molecule has 0 atom stereocenters. The van der Waals surface area contributed by atoms with Crippen molar-refractivity contribution in [1.29, 1.82) is 0 Å². The van der Waals surface area contributed by atoms with Crippen LogP contribution in [0, 0.1) is 0 Å². The van der Waals surface area contributed by atoms with E-state index in [1.165, 1.54) is 11.1 Å². The molecule has 0 spiro atoms. The second kappa shape index (κ2) is 10.6. The zero-order chi connectivity index (χ0) is 30.5. The number of fused-ring (bicyclic) bond motifs is 5. The molecule has 0 radical (unpaired) electrons. The van der Waals surface area contributed by atoms with Crippen LogP contribution in [0.25, 0.3) is 78.8 Å². The molecule has 0 N–H and O–H groups in total. The van der Waals surface area contributed by atoms with Gasteiger partial charge in [-0.25, -0.2) is 14.5 Å². The molecule has 6 heteroatoms. The summed E-state index contributed by atoms with van der Waals surface area (Å²) in [5.74, 6) is 2.47. The van der Waals surface area contributed by atoms with E-state index in [0.717, 1.165) is 50.1 Å². The van der Waals surface area contributed by atoms with Gasteiger partial charge in [0.05, 0.1) is 22.1 Å². The fourth-order valence-corrected chi connectivity index (χ4v) is 6.18. The molecule has 0 aliphatic carbocycles. The van der Waals surface area contributed by atoms with Crippen molar-refractivity contribution in [3.05, 3.63) is 158 Å². The van der Waals surface area contributed by atoms with E-state index < -0.39 is 0 Å². The summed E-state index contributed by atoms with van der Waals surface area (Å²) in [6, 6.07) is 54.1. The van der Waals surface area contributed by atoms with Crippen molar-refractivity contribution in [2.24, 2.45) is 0 Å². The van der Waals surface area contributed by atoms with Gasteiger partial charge in [0.2, 0.25) is 11.7 Å². The molecule has 6 aromatic carbocycles. The molecule has 0 bridgehead atoms. The van der Waals surface area contributed by atoms with Crippen molar-refractivity contribution < 1.29 is 0 Å². The van der Waals surface area contributed by atoms with E-state index in [4.69, 9.17) is 19.9 Å². The summed E-state index contributed by atoms with van der Waals surface area (Å²) in [4.78, 5) is 20.1. The molecule has 216 valence electrons. The van der Waals surface area contributed by atoms with Crippen molar-refractivity contribution in [3.8, 4) is 51.0 Å². The smallest absolute Gasteiger partial charge is 0.241 e. The van der Waals surface area contributed by atoms with Crippen LogP contribution < -0.4 is 0 Å². The summed E-state index contributed by atoms with van der Waals surface area (Å²) in [6.45, 7) is 0. The zero-order valence-corrected chi connectivity index (χ0v) is 24.7. The highest BCUT2D eigenvalue weighted by molar-refractivity contribution is 5.94. The Morgan fingerprint density at radius 3 is 1.57 bits per heavy atom. The average Bonchev–Trinajstić information content (AvgIpc) is 3.67. The quantitative estimate of drug-likeness (QED) is 0.200. The number of hydrogen-bond donors (Lipinski definition) is 0. The van der Waals surface area contributed by atoms with Gasteiger partial charge in [0.15, 0.2) is 11.6 Å². The minimum Gasteiger partial charge on any atom is -0.276 e. The molecule has 0 amide bonds. The molecule has 0 fully saturated rings. The van der Waals surface area contributed by atoms with Gasteiger partial charge in [-0.1, -0.05) is 127 Å². The maximum Gasteiger partial charge on any atom is 0.241 e. The van der Waals surface area contributed by atoms with E-state index in [9.17, 15) is 0 Å². The molecule has 3 heterocycles. The van der Waals surface area contributed by atoms with E-state index in [1.807, 2.05) is 78.9 Å². The SMILES string of the molecule is c1ccc(-c2cccc(-c3ccc4c(c3)n3c5ccccc5nc3n4-c3nc(-c4ccccc4)nc(-c4ccccc4)n3)c2)cc1. The fraction of sp³-hybridized carbons (Fsp3) is 0. The van der Waals surface area contributed by atoms with Gasteiger partial charge in [-0.05, 0) is 52.6 Å². The maximum absolute atomic E-state index is 5.12. The number of aromatic nitrogens is 6. The molecule has 9 rings (SSSR count). The largest absolute Gasteiger partial charge is 0.276 e. The standard InChI is InChI=1S/C40H26N6/c1-4-13-27(14-5-1)30-19-12-20-31(25-30)32-23-24-35-36(26-32)45-34-22-11-10-21-33(34)41-40(45)46(35)39-43-37(28-15-6-2-7-16-28)42-38(44-39)29-17-8-3-9-18-29/h1-26H. The van der Waals surface area contributed by atoms with Gasteiger partial charge >= 0.3 is 0 Å². The number of benzene rings is 6. The van der Waals surface area contributed by atoms with E-state index in [-0.39, 0.29) is 0 Å². The molecule has 46 heavy (non-hydrogen) atoms. The van der Waals surface area contributed by atoms with Crippen LogP contribution in [-0.2, 0) is 0 Å². The van der Waals surface area contributed by atoms with Crippen LogP contribution in [-0.4, -0.2) is 28.9 Å². The Morgan fingerprint density at radius 1 is 0.348 bits per heavy atom. The monoisotopic (exact) mass is 590 g/mol. The van der Waals surface area contributed by atoms with Crippen molar-refractivity contribution >= 4 is 27.8 Å². The van der Waals surface area contributed by atoms with Crippen LogP contribution in [0.1, 0.15) is 0 Å². The van der Waals surface area contributed by atoms with Crippen LogP contribution in [0.2, 0.25) is 0 Å². The lowest BCUT2D eigenvalue weighted by molar-refractivity contribution is 0.937. The highest BCUT2D eigenvalue weighted by atomic mass is 15.3. The van der Waals surface area contributed by atoms with Crippen molar-refractivity contribution in [3.63, 3.8) is 0 Å². The molecule has 6 nitrogen and oxygen atoms in total. The average molecular weight is 591 g/mol. The number of imidazole rings is 2. The highest BCUT2D eigenvalue weighted by Gasteiger charge is 2.21. The summed E-state index contributed by atoms with van der Waals surface area (Å²) in [7, 11) is 0. The molecule has 0 unspecified atom stereocenters. The number of rotatable bonds is 5. The van der Waals surface area contributed by atoms with E-state index in [2.05, 4.69) is 87.8 Å². The lowest BCUT2D eigenvalue weighted by Crippen LogP contribution is -2.07. The fourth-order valence-electron chi connectivity index (χ4n) is 6.18. The Kier molecular flexibility index (Phi) is 6.03. The topological polar surface area (TPSA) is 60.9 Å². The normalized spacial score (nSPS) is 11.5. The molecular formula is C40H26N6. The van der Waals surface area contributed by atoms with Crippen LogP contribution in [0.15, 0.2) is 158 Å². The third-order valence-corrected chi connectivity index (χ3v) is 8.39. The first-order valence-electron chi connectivity index (χ1n) is 15.2. The molecule has 0 saturated carbocycles. The van der Waals surface area contributed by atoms with Crippen LogP contribution in [0.5, 0.6) is 0 Å². The van der Waals surface area contributed by atoms with Crippen LogP contribution >= 0.6 is 0 Å². The zero-order valence-electron chi connectivity index (χ0n) is 24.7. The molecule has 0 aliphatic rings. The molecule has 9 aromatic rings. The number of para-hydroxylation sites is 2. The van der Waals surface area contributed by atoms with E-state index >= 15 is 0 Å². The molecule has 3 aromatic heterocycles. The first-order chi connectivity index (χ1) is 22.8. The van der Waals surface area contributed by atoms with Crippen LogP contribution in [0.3, 0.4) is 0 Å². The third kappa shape index (κ3) is 4.35. The van der Waals surface area contributed by atoms with Gasteiger partial charge < -0.3 is 0 Å². The van der Waals surface area contributed by atoms with Gasteiger partial charge in [0.25, 0.3) is 0 Å². The molecule has 0 saturated heterocycles. The van der Waals surface area contributed by atoms with Gasteiger partial charge in [0.1, 0.15) is 0 Å². The second-order valence-corrected chi connectivity index (χ2v) is 11.2. The highest BCUT2D eigenvalue weighted by Crippen LogP contribution is 2.34. The third-order valence-electron chi connectivity index (χ3n) is 8.39. The van der Waals surface area contributed by atoms with Crippen LogP contribution in [0.4, 0.5) is 0 Å². The number of nitrogens with zero attached hydrogens (tertiary/aromatic N) is 6. The first kappa shape index (κ1) is 26.0. The Hall–Kier alpha value is -6.40. The van der Waals surface area contributed by atoms with Gasteiger partial charge in [-0.15, -0.1) is 0 Å². The minimum atomic E-state index is 0.516. The van der Waals surface area contributed by atoms with Gasteiger partial charge in [-0.2, -0.15) is 9.97 Å². The summed E-state index contributed by atoms with van der Waals surface area (Å²) < 4.78 is 4.27. The van der Waals surface area contributed by atoms with E-state index in [1.54, 1.807) is 0 Å². The van der Waals surface area contributed by atoms with Crippen molar-refractivity contribution in [1.82, 2.24) is 28.9 Å². The lowest BCUT2D eigenvalue weighted by Gasteiger charge is -2.10. The predicted molar refractivity (Wildman–Crippen MR) is 185 cm³/mol. The lowest BCUT2D eigenvalue weighted by atomic mass is 9.99. The van der Waals surface area contributed by atoms with E-state index in [0.29, 0.717) is 17.6 Å².